The van der Waals surface area contributed by atoms with Gasteiger partial charge in [-0.3, -0.25) is 19.2 Å². The Balaban J connectivity index is 1.44. The van der Waals surface area contributed by atoms with Gasteiger partial charge in [-0.2, -0.15) is 0 Å². The predicted molar refractivity (Wildman–Crippen MR) is 147 cm³/mol. The normalized spacial score (nSPS) is 23.8. The Morgan fingerprint density at radius 1 is 0.816 bits per heavy atom. The number of carbonyl (C=O) groups is 4. The number of imide groups is 1. The summed E-state index contributed by atoms with van der Waals surface area (Å²) < 4.78 is 0.820. The Hall–Kier alpha value is -3.81. The van der Waals surface area contributed by atoms with E-state index in [0.29, 0.717) is 27.4 Å². The number of hydrogen-bond donors (Lipinski definition) is 0. The van der Waals surface area contributed by atoms with E-state index in [2.05, 4.69) is 15.9 Å². The Morgan fingerprint density at radius 2 is 1.53 bits per heavy atom. The average Bonchev–Trinajstić information content (AvgIpc) is 3.40. The molecule has 3 heterocycles. The topological polar surface area (TPSA) is 74.8 Å². The molecule has 188 valence electrons. The lowest BCUT2D eigenvalue weighted by Gasteiger charge is -2.32. The minimum Gasteiger partial charge on any atom is -0.359 e. The zero-order chi connectivity index (χ0) is 26.6. The second kappa shape index (κ2) is 9.49. The molecule has 3 aromatic carbocycles. The summed E-state index contributed by atoms with van der Waals surface area (Å²) in [6, 6.07) is 20.8. The molecule has 6 nitrogen and oxygen atoms in total. The molecule has 0 N–H and O–H groups in total. The summed E-state index contributed by atoms with van der Waals surface area (Å²) >= 11 is 9.55. The van der Waals surface area contributed by atoms with Crippen molar-refractivity contribution < 1.29 is 19.2 Å². The van der Waals surface area contributed by atoms with Crippen molar-refractivity contribution in [1.82, 2.24) is 4.90 Å². The fourth-order valence-electron chi connectivity index (χ4n) is 5.61. The van der Waals surface area contributed by atoms with E-state index >= 15 is 0 Å². The summed E-state index contributed by atoms with van der Waals surface area (Å²) in [5.41, 5.74) is 1.72. The molecule has 2 saturated heterocycles. The number of fused-ring (bicyclic) bond motifs is 3. The predicted octanol–water partition coefficient (Wildman–Crippen LogP) is 5.48. The Labute approximate surface area is 232 Å². The van der Waals surface area contributed by atoms with Crippen LogP contribution in [-0.4, -0.2) is 40.4 Å². The average molecular weight is 588 g/mol. The molecule has 3 aliphatic rings. The molecule has 0 spiro atoms. The van der Waals surface area contributed by atoms with Crippen LogP contribution in [0.5, 0.6) is 0 Å². The van der Waals surface area contributed by atoms with Gasteiger partial charge in [-0.05, 0) is 36.4 Å². The first-order valence-corrected chi connectivity index (χ1v) is 13.2. The first-order chi connectivity index (χ1) is 18.3. The van der Waals surface area contributed by atoms with Crippen LogP contribution >= 0.6 is 27.5 Å². The third-order valence-corrected chi connectivity index (χ3v) is 8.07. The van der Waals surface area contributed by atoms with Crippen molar-refractivity contribution in [3.63, 3.8) is 0 Å². The van der Waals surface area contributed by atoms with Gasteiger partial charge >= 0.3 is 0 Å². The third-order valence-electron chi connectivity index (χ3n) is 7.31. The van der Waals surface area contributed by atoms with Crippen LogP contribution in [0.25, 0.3) is 0 Å². The summed E-state index contributed by atoms with van der Waals surface area (Å²) in [5, 5.41) is 0.389. The van der Waals surface area contributed by atoms with E-state index < -0.39 is 35.7 Å². The van der Waals surface area contributed by atoms with Crippen LogP contribution in [0.15, 0.2) is 107 Å². The molecule has 0 aromatic heterocycles. The third kappa shape index (κ3) is 3.94. The van der Waals surface area contributed by atoms with Crippen LogP contribution in [0.2, 0.25) is 5.02 Å². The smallest absolute Gasteiger partial charge is 0.240 e. The van der Waals surface area contributed by atoms with Gasteiger partial charge in [0.15, 0.2) is 11.6 Å². The van der Waals surface area contributed by atoms with Gasteiger partial charge in [-0.15, -0.1) is 0 Å². The number of ketones is 2. The van der Waals surface area contributed by atoms with Crippen LogP contribution in [0, 0.1) is 11.8 Å². The first-order valence-electron chi connectivity index (χ1n) is 12.1. The maximum absolute atomic E-state index is 13.9. The molecule has 0 saturated carbocycles. The van der Waals surface area contributed by atoms with Gasteiger partial charge in [-0.25, -0.2) is 4.90 Å². The van der Waals surface area contributed by atoms with Crippen molar-refractivity contribution in [2.75, 3.05) is 4.90 Å². The molecule has 4 atom stereocenters. The number of anilines is 1. The Bertz CT molecular complexity index is 1550. The van der Waals surface area contributed by atoms with Crippen LogP contribution in [0.1, 0.15) is 20.7 Å². The number of halogens is 2. The number of benzene rings is 3. The molecule has 0 bridgehead atoms. The maximum Gasteiger partial charge on any atom is 0.240 e. The number of amides is 2. The van der Waals surface area contributed by atoms with E-state index in [4.69, 9.17) is 11.6 Å². The van der Waals surface area contributed by atoms with Crippen LogP contribution in [0.4, 0.5) is 5.69 Å². The second-order valence-corrected chi connectivity index (χ2v) is 10.8. The number of rotatable bonds is 5. The van der Waals surface area contributed by atoms with Crippen molar-refractivity contribution in [2.45, 2.75) is 12.1 Å². The molecule has 2 fully saturated rings. The number of allylic oxidation sites excluding steroid dienone is 2. The summed E-state index contributed by atoms with van der Waals surface area (Å²) in [6.07, 6.45) is 5.04. The van der Waals surface area contributed by atoms with Crippen LogP contribution in [0.3, 0.4) is 0 Å². The standard InChI is InChI=1S/C30H20BrClN2O4/c31-20-11-9-18(10-12-20)28(36)26-25-24(29(37)34(30(25)38)22-8-4-7-21(32)16-22)23-15-19(13-14-33(23)26)27(35)17-5-2-1-3-6-17/h1-16,23-26H/t23-,24-,25-,26+/m0/s1. The molecule has 3 aromatic rings. The van der Waals surface area contributed by atoms with Gasteiger partial charge in [0.1, 0.15) is 6.04 Å². The molecular formula is C30H20BrClN2O4. The van der Waals surface area contributed by atoms with Crippen molar-refractivity contribution >= 4 is 56.6 Å². The van der Waals surface area contributed by atoms with Crippen LogP contribution < -0.4 is 4.90 Å². The summed E-state index contributed by atoms with van der Waals surface area (Å²) in [5.74, 6) is -3.08. The number of hydrogen-bond acceptors (Lipinski definition) is 5. The fourth-order valence-corrected chi connectivity index (χ4v) is 6.06. The SMILES string of the molecule is O=C(C1=C[C@H]2[C@@H]3C(=O)N(c4cccc(Cl)c4)C(=O)[C@@H]3[C@H](C(=O)c3ccc(Br)cc3)N2C=C1)c1ccccc1. The highest BCUT2D eigenvalue weighted by atomic mass is 79.9. The summed E-state index contributed by atoms with van der Waals surface area (Å²) in [6.45, 7) is 0. The maximum atomic E-state index is 13.9. The molecule has 2 amide bonds. The zero-order valence-electron chi connectivity index (χ0n) is 19.8. The largest absolute Gasteiger partial charge is 0.359 e. The second-order valence-electron chi connectivity index (χ2n) is 9.43. The lowest BCUT2D eigenvalue weighted by atomic mass is 9.85. The number of carbonyl (C=O) groups excluding carboxylic acids is 4. The molecule has 8 heteroatoms. The van der Waals surface area contributed by atoms with Crippen LogP contribution in [-0.2, 0) is 9.59 Å². The molecule has 0 radical (unpaired) electrons. The fraction of sp³-hybridized carbons (Fsp3) is 0.133. The monoisotopic (exact) mass is 586 g/mol. The van der Waals surface area contributed by atoms with Crippen molar-refractivity contribution in [3.05, 3.63) is 123 Å². The number of nitrogens with zero attached hydrogens (tertiary/aromatic N) is 2. The molecular weight excluding hydrogens is 568 g/mol. The molecule has 3 aliphatic heterocycles. The van der Waals surface area contributed by atoms with Crippen molar-refractivity contribution in [2.24, 2.45) is 11.8 Å². The van der Waals surface area contributed by atoms with E-state index in [0.717, 1.165) is 9.37 Å². The highest BCUT2D eigenvalue weighted by Gasteiger charge is 2.63. The minimum atomic E-state index is -0.922. The lowest BCUT2D eigenvalue weighted by Crippen LogP contribution is -2.46. The van der Waals surface area contributed by atoms with Crippen molar-refractivity contribution in [1.29, 1.82) is 0 Å². The van der Waals surface area contributed by atoms with E-state index in [1.54, 1.807) is 96.0 Å². The molecule has 0 aliphatic carbocycles. The highest BCUT2D eigenvalue weighted by Crippen LogP contribution is 2.47. The van der Waals surface area contributed by atoms with Gasteiger partial charge in [-0.1, -0.05) is 82.1 Å². The van der Waals surface area contributed by atoms with Gasteiger partial charge in [0.25, 0.3) is 0 Å². The molecule has 0 unspecified atom stereocenters. The van der Waals surface area contributed by atoms with E-state index in [9.17, 15) is 19.2 Å². The minimum absolute atomic E-state index is 0.191. The van der Waals surface area contributed by atoms with Gasteiger partial charge in [0, 0.05) is 32.4 Å². The van der Waals surface area contributed by atoms with Gasteiger partial charge in [0.05, 0.1) is 23.6 Å². The molecule has 38 heavy (non-hydrogen) atoms. The van der Waals surface area contributed by atoms with E-state index in [1.165, 1.54) is 0 Å². The van der Waals surface area contributed by atoms with E-state index in [-0.39, 0.29) is 11.6 Å². The quantitative estimate of drug-likeness (QED) is 0.292. The summed E-state index contributed by atoms with van der Waals surface area (Å²) in [4.78, 5) is 57.7. The van der Waals surface area contributed by atoms with Gasteiger partial charge < -0.3 is 4.90 Å². The Morgan fingerprint density at radius 3 is 2.24 bits per heavy atom. The van der Waals surface area contributed by atoms with Crippen molar-refractivity contribution in [3.8, 4) is 0 Å². The summed E-state index contributed by atoms with van der Waals surface area (Å²) in [7, 11) is 0. The van der Waals surface area contributed by atoms with E-state index in [1.807, 2.05) is 6.07 Å². The zero-order valence-corrected chi connectivity index (χ0v) is 22.2. The first kappa shape index (κ1) is 24.5. The molecule has 6 rings (SSSR count). The highest BCUT2D eigenvalue weighted by molar-refractivity contribution is 9.10. The Kier molecular flexibility index (Phi) is 6.13. The van der Waals surface area contributed by atoms with Gasteiger partial charge in [0.2, 0.25) is 11.8 Å². The lowest BCUT2D eigenvalue weighted by molar-refractivity contribution is -0.123. The number of Topliss-reactive ketones (excluding diaryl/α,β-unsaturated/α-hetero) is 2.